The predicted octanol–water partition coefficient (Wildman–Crippen LogP) is 0.729. The Bertz CT molecular complexity index is 585. The van der Waals surface area contributed by atoms with Gasteiger partial charge in [0.15, 0.2) is 0 Å². The molecule has 0 bridgehead atoms. The first-order valence-electron chi connectivity index (χ1n) is 10.3. The lowest BCUT2D eigenvalue weighted by Crippen LogP contribution is -2.68. The quantitative estimate of drug-likeness (QED) is 0.715. The summed E-state index contributed by atoms with van der Waals surface area (Å²) in [5.41, 5.74) is 6.07. The largest absolute Gasteiger partial charge is 0.368 e. The Kier molecular flexibility index (Phi) is 5.69. The summed E-state index contributed by atoms with van der Waals surface area (Å²) >= 11 is 1.81. The summed E-state index contributed by atoms with van der Waals surface area (Å²) in [7, 11) is 0. The Morgan fingerprint density at radius 2 is 2.04 bits per heavy atom. The second-order valence-corrected chi connectivity index (χ2v) is 9.86. The van der Waals surface area contributed by atoms with E-state index in [4.69, 9.17) is 10.5 Å². The fraction of sp³-hybridized carbons (Fsp3) is 0.895. The number of ether oxygens (including phenoxy) is 1. The normalized spacial score (nSPS) is 42.3. The van der Waals surface area contributed by atoms with Crippen molar-refractivity contribution in [1.29, 1.82) is 0 Å². The van der Waals surface area contributed by atoms with E-state index in [0.29, 0.717) is 24.4 Å². The summed E-state index contributed by atoms with van der Waals surface area (Å²) in [5, 5.41) is 4.05. The van der Waals surface area contributed by atoms with Crippen LogP contribution in [0.3, 0.4) is 0 Å². The van der Waals surface area contributed by atoms with Gasteiger partial charge in [-0.2, -0.15) is 0 Å². The molecule has 0 aromatic heterocycles. The second kappa shape index (κ2) is 7.89. The van der Waals surface area contributed by atoms with Crippen LogP contribution in [0.5, 0.6) is 0 Å². The lowest BCUT2D eigenvalue weighted by molar-refractivity contribution is -0.160. The Balaban J connectivity index is 1.55. The SMILES string of the molecule is CC(=O)N1C2CCC(C3NCC(N)S3)CC2N(C(=O)C2CCCO2)C[C@@H]1C. The minimum atomic E-state index is -0.297. The average Bonchev–Trinajstić information content (AvgIpc) is 3.31. The molecule has 3 heterocycles. The van der Waals surface area contributed by atoms with Crippen LogP contribution in [0.2, 0.25) is 0 Å². The van der Waals surface area contributed by atoms with Gasteiger partial charge in [-0.05, 0) is 44.9 Å². The zero-order valence-corrected chi connectivity index (χ0v) is 17.1. The van der Waals surface area contributed by atoms with Crippen molar-refractivity contribution >= 4 is 23.6 Å². The van der Waals surface area contributed by atoms with Gasteiger partial charge < -0.3 is 25.6 Å². The maximum atomic E-state index is 13.2. The number of thioether (sulfide) groups is 1. The number of fused-ring (bicyclic) bond motifs is 1. The molecule has 4 aliphatic rings. The van der Waals surface area contributed by atoms with Crippen LogP contribution in [0.15, 0.2) is 0 Å². The molecule has 3 N–H and O–H groups in total. The van der Waals surface area contributed by atoms with Gasteiger partial charge in [-0.25, -0.2) is 0 Å². The first-order chi connectivity index (χ1) is 13.0. The van der Waals surface area contributed by atoms with Crippen LogP contribution in [-0.4, -0.2) is 76.3 Å². The number of amides is 2. The lowest BCUT2D eigenvalue weighted by atomic mass is 9.78. The van der Waals surface area contributed by atoms with Gasteiger partial charge in [0.25, 0.3) is 5.91 Å². The lowest BCUT2D eigenvalue weighted by Gasteiger charge is -2.54. The highest BCUT2D eigenvalue weighted by molar-refractivity contribution is 8.00. The van der Waals surface area contributed by atoms with Gasteiger partial charge in [-0.15, -0.1) is 11.8 Å². The maximum absolute atomic E-state index is 13.2. The van der Waals surface area contributed by atoms with Gasteiger partial charge in [0, 0.05) is 32.7 Å². The van der Waals surface area contributed by atoms with Crippen LogP contribution >= 0.6 is 11.8 Å². The van der Waals surface area contributed by atoms with Crippen LogP contribution in [0, 0.1) is 5.92 Å². The predicted molar refractivity (Wildman–Crippen MR) is 105 cm³/mol. The minimum Gasteiger partial charge on any atom is -0.368 e. The number of hydrogen-bond donors (Lipinski definition) is 2. The van der Waals surface area contributed by atoms with Crippen molar-refractivity contribution in [2.24, 2.45) is 11.7 Å². The fourth-order valence-corrected chi connectivity index (χ4v) is 6.71. The van der Waals surface area contributed by atoms with Gasteiger partial charge >= 0.3 is 0 Å². The van der Waals surface area contributed by atoms with Gasteiger partial charge in [0.2, 0.25) is 5.91 Å². The molecule has 0 aromatic rings. The number of carbonyl (C=O) groups is 2. The Hall–Kier alpha value is -0.830. The van der Waals surface area contributed by atoms with Crippen LogP contribution in [0.4, 0.5) is 0 Å². The van der Waals surface area contributed by atoms with Crippen molar-refractivity contribution in [1.82, 2.24) is 15.1 Å². The molecule has 152 valence electrons. The zero-order chi connectivity index (χ0) is 19.1. The van der Waals surface area contributed by atoms with Gasteiger partial charge in [-0.1, -0.05) is 0 Å². The fourth-order valence-electron chi connectivity index (χ4n) is 5.48. The van der Waals surface area contributed by atoms with Crippen molar-refractivity contribution < 1.29 is 14.3 Å². The molecule has 4 fully saturated rings. The monoisotopic (exact) mass is 396 g/mol. The molecule has 7 atom stereocenters. The van der Waals surface area contributed by atoms with E-state index in [1.54, 1.807) is 6.92 Å². The molecular formula is C19H32N4O3S. The third-order valence-electron chi connectivity index (χ3n) is 6.64. The Morgan fingerprint density at radius 3 is 2.67 bits per heavy atom. The molecule has 3 saturated heterocycles. The van der Waals surface area contributed by atoms with Crippen molar-refractivity contribution in [2.45, 2.75) is 80.9 Å². The highest BCUT2D eigenvalue weighted by atomic mass is 32.2. The second-order valence-electron chi connectivity index (χ2n) is 8.48. The topological polar surface area (TPSA) is 87.9 Å². The first-order valence-corrected chi connectivity index (χ1v) is 11.3. The van der Waals surface area contributed by atoms with E-state index >= 15 is 0 Å². The average molecular weight is 397 g/mol. The molecule has 1 saturated carbocycles. The number of carbonyl (C=O) groups excluding carboxylic acids is 2. The standard InChI is InChI=1S/C19H32N4O3S/c1-11-10-22(19(25)16-4-3-7-26-16)15-8-13(18-21-9-17(20)27-18)5-6-14(15)23(11)12(2)24/h11,13-18,21H,3-10,20H2,1-2H3/t11-,13?,14?,15?,16?,17?,18?/m0/s1. The summed E-state index contributed by atoms with van der Waals surface area (Å²) in [5.74, 6) is 0.726. The van der Waals surface area contributed by atoms with E-state index in [0.717, 1.165) is 38.6 Å². The molecule has 2 amide bonds. The number of nitrogens with one attached hydrogen (secondary N) is 1. The number of nitrogens with zero attached hydrogens (tertiary/aromatic N) is 2. The van der Waals surface area contributed by atoms with Crippen molar-refractivity contribution in [3.63, 3.8) is 0 Å². The smallest absolute Gasteiger partial charge is 0.252 e. The molecule has 0 radical (unpaired) electrons. The third-order valence-corrected chi connectivity index (χ3v) is 8.00. The molecule has 27 heavy (non-hydrogen) atoms. The minimum absolute atomic E-state index is 0.0538. The van der Waals surface area contributed by atoms with E-state index in [-0.39, 0.29) is 41.4 Å². The summed E-state index contributed by atoms with van der Waals surface area (Å²) in [6.45, 7) is 5.85. The van der Waals surface area contributed by atoms with Crippen LogP contribution in [0.1, 0.15) is 46.0 Å². The molecule has 6 unspecified atom stereocenters. The molecular weight excluding hydrogens is 364 g/mol. The Labute approximate surface area is 165 Å². The molecule has 7 nitrogen and oxygen atoms in total. The molecule has 8 heteroatoms. The van der Waals surface area contributed by atoms with E-state index in [9.17, 15) is 9.59 Å². The van der Waals surface area contributed by atoms with E-state index in [1.165, 1.54) is 0 Å². The Morgan fingerprint density at radius 1 is 1.22 bits per heavy atom. The summed E-state index contributed by atoms with van der Waals surface area (Å²) in [6.07, 6.45) is 4.41. The molecule has 0 aromatic carbocycles. The van der Waals surface area contributed by atoms with Crippen molar-refractivity contribution in [2.75, 3.05) is 19.7 Å². The van der Waals surface area contributed by atoms with Gasteiger partial charge in [0.05, 0.1) is 22.8 Å². The number of piperazine rings is 1. The molecule has 1 aliphatic carbocycles. The van der Waals surface area contributed by atoms with Gasteiger partial charge in [0.1, 0.15) is 6.10 Å². The maximum Gasteiger partial charge on any atom is 0.252 e. The summed E-state index contributed by atoms with van der Waals surface area (Å²) in [6, 6.07) is 0.255. The number of rotatable bonds is 2. The van der Waals surface area contributed by atoms with Crippen LogP contribution in [0.25, 0.3) is 0 Å². The summed E-state index contributed by atoms with van der Waals surface area (Å²) in [4.78, 5) is 29.6. The molecule has 3 aliphatic heterocycles. The van der Waals surface area contributed by atoms with Crippen molar-refractivity contribution in [3.8, 4) is 0 Å². The molecule has 4 rings (SSSR count). The number of nitrogens with two attached hydrogens (primary N) is 1. The van der Waals surface area contributed by atoms with Gasteiger partial charge in [-0.3, -0.25) is 9.59 Å². The van der Waals surface area contributed by atoms with Crippen molar-refractivity contribution in [3.05, 3.63) is 0 Å². The van der Waals surface area contributed by atoms with E-state index < -0.39 is 0 Å². The van der Waals surface area contributed by atoms with E-state index in [2.05, 4.69) is 17.1 Å². The highest BCUT2D eigenvalue weighted by Gasteiger charge is 2.49. The van der Waals surface area contributed by atoms with Crippen LogP contribution < -0.4 is 11.1 Å². The molecule has 0 spiro atoms. The highest BCUT2D eigenvalue weighted by Crippen LogP contribution is 2.41. The van der Waals surface area contributed by atoms with E-state index in [1.807, 2.05) is 16.7 Å². The van der Waals surface area contributed by atoms with Crippen LogP contribution in [-0.2, 0) is 14.3 Å². The zero-order valence-electron chi connectivity index (χ0n) is 16.3. The number of hydrogen-bond acceptors (Lipinski definition) is 6. The first kappa shape index (κ1) is 19.5. The summed E-state index contributed by atoms with van der Waals surface area (Å²) < 4.78 is 5.69. The third kappa shape index (κ3) is 3.73.